The molecule has 1 atom stereocenters. The van der Waals surface area contributed by atoms with Crippen LogP contribution in [0.3, 0.4) is 0 Å². The van der Waals surface area contributed by atoms with Crippen molar-refractivity contribution >= 4 is 5.97 Å². The van der Waals surface area contributed by atoms with E-state index < -0.39 is 12.4 Å². The lowest BCUT2D eigenvalue weighted by Crippen LogP contribution is -2.11. The van der Waals surface area contributed by atoms with Crippen molar-refractivity contribution in [3.63, 3.8) is 0 Å². The van der Waals surface area contributed by atoms with Gasteiger partial charge >= 0.3 is 5.97 Å². The number of carboxylic acid groups (broad SMARTS) is 1. The predicted octanol–water partition coefficient (Wildman–Crippen LogP) is 3.61. The molecule has 1 N–H and O–H groups in total. The highest BCUT2D eigenvalue weighted by atomic mass is 19.3. The van der Waals surface area contributed by atoms with Gasteiger partial charge in [0, 0.05) is 12.0 Å². The molecular weight excluding hydrogens is 282 g/mol. The van der Waals surface area contributed by atoms with Crippen molar-refractivity contribution in [3.8, 4) is 11.5 Å². The standard InChI is InChI=1S/C15H18F2O4/c1-20-12-7-13(21-2)11(15(16)17)5-10(12)9(6-14(18)19)8-3-4-8/h5,7-9,15H,3-4,6H2,1-2H3,(H,18,19). The summed E-state index contributed by atoms with van der Waals surface area (Å²) in [5, 5.41) is 9.05. The minimum absolute atomic E-state index is 0.0514. The molecule has 1 fully saturated rings. The number of hydrogen-bond acceptors (Lipinski definition) is 3. The molecule has 0 spiro atoms. The summed E-state index contributed by atoms with van der Waals surface area (Å²) in [6.45, 7) is 0. The van der Waals surface area contributed by atoms with Crippen molar-refractivity contribution < 1.29 is 28.2 Å². The van der Waals surface area contributed by atoms with Crippen LogP contribution in [0.25, 0.3) is 0 Å². The lowest BCUT2D eigenvalue weighted by Gasteiger charge is -2.20. The van der Waals surface area contributed by atoms with Crippen LogP contribution < -0.4 is 9.47 Å². The molecule has 0 amide bonds. The highest BCUT2D eigenvalue weighted by molar-refractivity contribution is 5.68. The van der Waals surface area contributed by atoms with Crippen LogP contribution in [0.15, 0.2) is 12.1 Å². The van der Waals surface area contributed by atoms with E-state index in [-0.39, 0.29) is 29.6 Å². The Morgan fingerprint density at radius 3 is 2.24 bits per heavy atom. The Morgan fingerprint density at radius 1 is 1.24 bits per heavy atom. The number of carbonyl (C=O) groups is 1. The molecule has 0 saturated heterocycles. The van der Waals surface area contributed by atoms with Crippen LogP contribution in [0.1, 0.15) is 42.7 Å². The van der Waals surface area contributed by atoms with Crippen LogP contribution in [0.5, 0.6) is 11.5 Å². The molecule has 2 rings (SSSR count). The predicted molar refractivity (Wildman–Crippen MR) is 72.2 cm³/mol. The van der Waals surface area contributed by atoms with Crippen LogP contribution >= 0.6 is 0 Å². The van der Waals surface area contributed by atoms with Gasteiger partial charge in [-0.1, -0.05) is 0 Å². The lowest BCUT2D eigenvalue weighted by atomic mass is 9.89. The summed E-state index contributed by atoms with van der Waals surface area (Å²) in [5.41, 5.74) is 0.294. The molecule has 116 valence electrons. The van der Waals surface area contributed by atoms with Gasteiger partial charge in [-0.05, 0) is 30.4 Å². The second-order valence-corrected chi connectivity index (χ2v) is 5.18. The molecule has 1 aliphatic carbocycles. The molecule has 0 heterocycles. The number of methoxy groups -OCH3 is 2. The van der Waals surface area contributed by atoms with Gasteiger partial charge in [-0.2, -0.15) is 0 Å². The normalized spacial score (nSPS) is 15.9. The molecule has 0 bridgehead atoms. The number of carboxylic acids is 1. The van der Waals surface area contributed by atoms with Gasteiger partial charge in [0.1, 0.15) is 11.5 Å². The Labute approximate surface area is 121 Å². The third-order valence-electron chi connectivity index (χ3n) is 3.80. The molecule has 1 aliphatic rings. The van der Waals surface area contributed by atoms with E-state index in [4.69, 9.17) is 14.6 Å². The summed E-state index contributed by atoms with van der Waals surface area (Å²) >= 11 is 0. The van der Waals surface area contributed by atoms with Crippen LogP contribution in [-0.2, 0) is 4.79 Å². The summed E-state index contributed by atoms with van der Waals surface area (Å²) in [5.74, 6) is -0.581. The van der Waals surface area contributed by atoms with Gasteiger partial charge in [0.2, 0.25) is 0 Å². The SMILES string of the molecule is COc1cc(OC)c(C(CC(=O)O)C2CC2)cc1C(F)F. The number of ether oxygens (including phenoxy) is 2. The van der Waals surface area contributed by atoms with E-state index >= 15 is 0 Å². The van der Waals surface area contributed by atoms with Gasteiger partial charge in [0.15, 0.2) is 0 Å². The average molecular weight is 300 g/mol. The van der Waals surface area contributed by atoms with Gasteiger partial charge in [0.05, 0.1) is 26.2 Å². The molecule has 21 heavy (non-hydrogen) atoms. The van der Waals surface area contributed by atoms with Crippen LogP contribution in [0, 0.1) is 5.92 Å². The molecule has 0 aliphatic heterocycles. The van der Waals surface area contributed by atoms with E-state index in [0.717, 1.165) is 12.8 Å². The fourth-order valence-corrected chi connectivity index (χ4v) is 2.63. The van der Waals surface area contributed by atoms with Gasteiger partial charge in [0.25, 0.3) is 6.43 Å². The third kappa shape index (κ3) is 3.43. The molecular formula is C15H18F2O4. The smallest absolute Gasteiger partial charge is 0.303 e. The van der Waals surface area contributed by atoms with E-state index in [1.807, 2.05) is 0 Å². The summed E-state index contributed by atoms with van der Waals surface area (Å²) in [4.78, 5) is 11.0. The highest BCUT2D eigenvalue weighted by Crippen LogP contribution is 2.49. The van der Waals surface area contributed by atoms with E-state index in [1.54, 1.807) is 0 Å². The summed E-state index contributed by atoms with van der Waals surface area (Å²) in [6, 6.07) is 2.74. The third-order valence-corrected chi connectivity index (χ3v) is 3.80. The number of alkyl halides is 2. The largest absolute Gasteiger partial charge is 0.496 e. The first-order chi connectivity index (χ1) is 9.97. The Hall–Kier alpha value is -1.85. The van der Waals surface area contributed by atoms with Crippen LogP contribution in [0.2, 0.25) is 0 Å². The van der Waals surface area contributed by atoms with Gasteiger partial charge in [-0.25, -0.2) is 8.78 Å². The summed E-state index contributed by atoms with van der Waals surface area (Å²) in [6.07, 6.45) is -0.945. The lowest BCUT2D eigenvalue weighted by molar-refractivity contribution is -0.137. The first-order valence-corrected chi connectivity index (χ1v) is 6.73. The molecule has 1 unspecified atom stereocenters. The zero-order valence-corrected chi connectivity index (χ0v) is 11.9. The maximum Gasteiger partial charge on any atom is 0.303 e. The second-order valence-electron chi connectivity index (χ2n) is 5.18. The minimum atomic E-state index is -2.69. The van der Waals surface area contributed by atoms with Crippen LogP contribution in [-0.4, -0.2) is 25.3 Å². The van der Waals surface area contributed by atoms with E-state index in [9.17, 15) is 13.6 Å². The fourth-order valence-electron chi connectivity index (χ4n) is 2.63. The monoisotopic (exact) mass is 300 g/mol. The number of hydrogen-bond donors (Lipinski definition) is 1. The highest BCUT2D eigenvalue weighted by Gasteiger charge is 2.36. The summed E-state index contributed by atoms with van der Waals surface area (Å²) < 4.78 is 36.5. The quantitative estimate of drug-likeness (QED) is 0.835. The van der Waals surface area contributed by atoms with E-state index in [1.165, 1.54) is 26.4 Å². The molecule has 4 nitrogen and oxygen atoms in total. The molecule has 6 heteroatoms. The molecule has 1 saturated carbocycles. The zero-order chi connectivity index (χ0) is 15.6. The molecule has 1 aromatic carbocycles. The first-order valence-electron chi connectivity index (χ1n) is 6.73. The van der Waals surface area contributed by atoms with Crippen LogP contribution in [0.4, 0.5) is 8.78 Å². The molecule has 0 aromatic heterocycles. The number of halogens is 2. The Balaban J connectivity index is 2.48. The Bertz CT molecular complexity index is 527. The Morgan fingerprint density at radius 2 is 1.81 bits per heavy atom. The van der Waals surface area contributed by atoms with Crippen molar-refractivity contribution in [3.05, 3.63) is 23.3 Å². The van der Waals surface area contributed by atoms with E-state index in [0.29, 0.717) is 11.3 Å². The topological polar surface area (TPSA) is 55.8 Å². The number of aliphatic carboxylic acids is 1. The number of rotatable bonds is 7. The molecule has 1 aromatic rings. The Kier molecular flexibility index (Phi) is 4.65. The summed E-state index contributed by atoms with van der Waals surface area (Å²) in [7, 11) is 2.75. The van der Waals surface area contributed by atoms with Gasteiger partial charge in [-0.3, -0.25) is 4.79 Å². The average Bonchev–Trinajstić information content (AvgIpc) is 3.27. The van der Waals surface area contributed by atoms with Crippen molar-refractivity contribution in [1.82, 2.24) is 0 Å². The maximum absolute atomic E-state index is 13.1. The van der Waals surface area contributed by atoms with Crippen molar-refractivity contribution in [2.75, 3.05) is 14.2 Å². The molecule has 0 radical (unpaired) electrons. The minimum Gasteiger partial charge on any atom is -0.496 e. The first kappa shape index (κ1) is 15.5. The van der Waals surface area contributed by atoms with Gasteiger partial charge in [-0.15, -0.1) is 0 Å². The fraction of sp³-hybridized carbons (Fsp3) is 0.533. The second kappa shape index (κ2) is 6.28. The maximum atomic E-state index is 13.1. The van der Waals surface area contributed by atoms with Gasteiger partial charge < -0.3 is 14.6 Å². The number of benzene rings is 1. The van der Waals surface area contributed by atoms with Crippen molar-refractivity contribution in [2.45, 2.75) is 31.6 Å². The zero-order valence-electron chi connectivity index (χ0n) is 11.9. The van der Waals surface area contributed by atoms with Crippen molar-refractivity contribution in [1.29, 1.82) is 0 Å². The van der Waals surface area contributed by atoms with E-state index in [2.05, 4.69) is 0 Å². The van der Waals surface area contributed by atoms with Crippen molar-refractivity contribution in [2.24, 2.45) is 5.92 Å².